The van der Waals surface area contributed by atoms with Gasteiger partial charge in [-0.3, -0.25) is 14.2 Å². The first kappa shape index (κ1) is 22.0. The van der Waals surface area contributed by atoms with Crippen LogP contribution in [-0.2, 0) is 0 Å². The van der Waals surface area contributed by atoms with Crippen LogP contribution in [0.4, 0.5) is 0 Å². The monoisotopic (exact) mass is 489 g/mol. The van der Waals surface area contributed by atoms with E-state index in [1.54, 1.807) is 15.5 Å². The van der Waals surface area contributed by atoms with Crippen molar-refractivity contribution in [2.75, 3.05) is 6.54 Å². The number of rotatable bonds is 6. The highest BCUT2D eigenvalue weighted by Gasteiger charge is 2.28. The van der Waals surface area contributed by atoms with Crippen molar-refractivity contribution in [2.45, 2.75) is 26.3 Å². The second-order valence-corrected chi connectivity index (χ2v) is 8.40. The molecule has 1 atom stereocenters. The van der Waals surface area contributed by atoms with Crippen molar-refractivity contribution < 1.29 is 4.79 Å². The van der Waals surface area contributed by atoms with Gasteiger partial charge in [0.25, 0.3) is 11.5 Å². The third-order valence-electron chi connectivity index (χ3n) is 5.57. The summed E-state index contributed by atoms with van der Waals surface area (Å²) >= 11 is 3.46. The van der Waals surface area contributed by atoms with Crippen molar-refractivity contribution in [3.63, 3.8) is 0 Å². The SMILES string of the molecule is CCC(c1nc2ccccc2c(=O)n1-c1ccc(Br)cc1)N(CC)C(=O)c1ccccc1. The Bertz CT molecular complexity index is 1300. The van der Waals surface area contributed by atoms with Crippen LogP contribution in [0, 0.1) is 0 Å². The van der Waals surface area contributed by atoms with Crippen molar-refractivity contribution in [1.82, 2.24) is 14.5 Å². The minimum atomic E-state index is -0.367. The first-order valence-corrected chi connectivity index (χ1v) is 11.5. The smallest absolute Gasteiger partial charge is 0.266 e. The van der Waals surface area contributed by atoms with Gasteiger partial charge >= 0.3 is 0 Å². The summed E-state index contributed by atoms with van der Waals surface area (Å²) in [5, 5.41) is 0.548. The molecular weight excluding hydrogens is 466 g/mol. The fourth-order valence-corrected chi connectivity index (χ4v) is 4.27. The number of aromatic nitrogens is 2. The predicted molar refractivity (Wildman–Crippen MR) is 131 cm³/mol. The highest BCUT2D eigenvalue weighted by Crippen LogP contribution is 2.27. The summed E-state index contributed by atoms with van der Waals surface area (Å²) in [4.78, 5) is 33.7. The second-order valence-electron chi connectivity index (χ2n) is 7.49. The Morgan fingerprint density at radius 1 is 0.969 bits per heavy atom. The molecular formula is C26H24BrN3O2. The van der Waals surface area contributed by atoms with E-state index < -0.39 is 0 Å². The third-order valence-corrected chi connectivity index (χ3v) is 6.10. The van der Waals surface area contributed by atoms with Gasteiger partial charge in [-0.1, -0.05) is 53.2 Å². The van der Waals surface area contributed by atoms with Gasteiger partial charge in [0.1, 0.15) is 5.82 Å². The highest BCUT2D eigenvalue weighted by atomic mass is 79.9. The molecule has 0 radical (unpaired) electrons. The molecule has 162 valence electrons. The van der Waals surface area contributed by atoms with E-state index >= 15 is 0 Å². The maximum absolute atomic E-state index is 13.6. The van der Waals surface area contributed by atoms with Crippen molar-refractivity contribution in [3.8, 4) is 5.69 Å². The summed E-state index contributed by atoms with van der Waals surface area (Å²) in [5.74, 6) is 0.481. The Kier molecular flexibility index (Phi) is 6.51. The maximum atomic E-state index is 13.6. The molecule has 6 heteroatoms. The molecule has 0 bridgehead atoms. The summed E-state index contributed by atoms with van der Waals surface area (Å²) in [7, 11) is 0. The van der Waals surface area contributed by atoms with Gasteiger partial charge in [0.05, 0.1) is 22.6 Å². The lowest BCUT2D eigenvalue weighted by atomic mass is 10.1. The molecule has 0 fully saturated rings. The van der Waals surface area contributed by atoms with Crippen LogP contribution in [0.5, 0.6) is 0 Å². The van der Waals surface area contributed by atoms with E-state index in [1.165, 1.54) is 0 Å². The van der Waals surface area contributed by atoms with Crippen LogP contribution in [0.3, 0.4) is 0 Å². The zero-order chi connectivity index (χ0) is 22.7. The zero-order valence-electron chi connectivity index (χ0n) is 18.0. The molecule has 5 nitrogen and oxygen atoms in total. The first-order valence-electron chi connectivity index (χ1n) is 10.7. The Morgan fingerprint density at radius 3 is 2.28 bits per heavy atom. The number of benzene rings is 3. The van der Waals surface area contributed by atoms with Crippen molar-refractivity contribution in [3.05, 3.63) is 105 Å². The van der Waals surface area contributed by atoms with E-state index in [-0.39, 0.29) is 17.5 Å². The Balaban J connectivity index is 1.94. The fraction of sp³-hybridized carbons (Fsp3) is 0.192. The standard InChI is InChI=1S/C26H24BrN3O2/c1-3-23(29(4-2)25(31)18-10-6-5-7-11-18)24-28-22-13-9-8-12-21(22)26(32)30(24)20-16-14-19(27)15-17-20/h5-17,23H,3-4H2,1-2H3. The Labute approximate surface area is 195 Å². The number of carbonyl (C=O) groups excluding carboxylic acids is 1. The van der Waals surface area contributed by atoms with Crippen molar-refractivity contribution in [1.29, 1.82) is 0 Å². The van der Waals surface area contributed by atoms with Gasteiger partial charge in [0.2, 0.25) is 0 Å². The molecule has 32 heavy (non-hydrogen) atoms. The quantitative estimate of drug-likeness (QED) is 0.345. The number of para-hydroxylation sites is 1. The molecule has 0 spiro atoms. The number of amides is 1. The number of hydrogen-bond acceptors (Lipinski definition) is 3. The number of carbonyl (C=O) groups is 1. The van der Waals surface area contributed by atoms with Gasteiger partial charge in [0, 0.05) is 16.6 Å². The molecule has 0 aliphatic heterocycles. The van der Waals surface area contributed by atoms with E-state index in [1.807, 2.05) is 86.6 Å². The summed E-state index contributed by atoms with van der Waals surface area (Å²) < 4.78 is 2.57. The molecule has 0 N–H and O–H groups in total. The molecule has 1 amide bonds. The average Bonchev–Trinajstić information content (AvgIpc) is 2.83. The molecule has 1 aromatic heterocycles. The van der Waals surface area contributed by atoms with Gasteiger partial charge < -0.3 is 4.90 Å². The number of hydrogen-bond donors (Lipinski definition) is 0. The minimum absolute atomic E-state index is 0.0790. The van der Waals surface area contributed by atoms with E-state index in [0.717, 1.165) is 4.47 Å². The second kappa shape index (κ2) is 9.49. The zero-order valence-corrected chi connectivity index (χ0v) is 19.6. The lowest BCUT2D eigenvalue weighted by Gasteiger charge is -2.31. The molecule has 0 aliphatic carbocycles. The maximum Gasteiger partial charge on any atom is 0.266 e. The Morgan fingerprint density at radius 2 is 1.62 bits per heavy atom. The normalized spacial score (nSPS) is 12.0. The number of nitrogens with zero attached hydrogens (tertiary/aromatic N) is 3. The minimum Gasteiger partial charge on any atom is -0.329 e. The van der Waals surface area contributed by atoms with E-state index in [4.69, 9.17) is 4.98 Å². The third kappa shape index (κ3) is 4.10. The van der Waals surface area contributed by atoms with Gasteiger partial charge in [0.15, 0.2) is 0 Å². The van der Waals surface area contributed by atoms with E-state index in [2.05, 4.69) is 15.9 Å². The van der Waals surface area contributed by atoms with Crippen LogP contribution in [0.2, 0.25) is 0 Å². The van der Waals surface area contributed by atoms with Crippen LogP contribution in [0.25, 0.3) is 16.6 Å². The molecule has 1 unspecified atom stereocenters. The number of fused-ring (bicyclic) bond motifs is 1. The predicted octanol–water partition coefficient (Wildman–Crippen LogP) is 5.76. The van der Waals surface area contributed by atoms with Crippen LogP contribution in [-0.4, -0.2) is 26.9 Å². The number of halogens is 1. The molecule has 4 aromatic rings. The first-order chi connectivity index (χ1) is 15.5. The fourth-order valence-electron chi connectivity index (χ4n) is 4.01. The van der Waals surface area contributed by atoms with Crippen molar-refractivity contribution >= 4 is 32.7 Å². The van der Waals surface area contributed by atoms with Gasteiger partial charge in [-0.05, 0) is 61.9 Å². The van der Waals surface area contributed by atoms with E-state index in [0.29, 0.717) is 40.9 Å². The largest absolute Gasteiger partial charge is 0.329 e. The lowest BCUT2D eigenvalue weighted by molar-refractivity contribution is 0.0672. The molecule has 0 saturated heterocycles. The van der Waals surface area contributed by atoms with E-state index in [9.17, 15) is 9.59 Å². The van der Waals surface area contributed by atoms with Gasteiger partial charge in [-0.15, -0.1) is 0 Å². The molecule has 4 rings (SSSR count). The Hall–Kier alpha value is -3.25. The van der Waals surface area contributed by atoms with Gasteiger partial charge in [-0.25, -0.2) is 4.98 Å². The van der Waals surface area contributed by atoms with Crippen LogP contribution in [0.15, 0.2) is 88.1 Å². The van der Waals surface area contributed by atoms with Crippen molar-refractivity contribution in [2.24, 2.45) is 0 Å². The average molecular weight is 490 g/mol. The molecule has 0 aliphatic rings. The molecule has 3 aromatic carbocycles. The van der Waals surface area contributed by atoms with Crippen LogP contribution >= 0.6 is 15.9 Å². The summed E-state index contributed by atoms with van der Waals surface area (Å²) in [6.07, 6.45) is 0.619. The highest BCUT2D eigenvalue weighted by molar-refractivity contribution is 9.10. The van der Waals surface area contributed by atoms with Crippen LogP contribution < -0.4 is 5.56 Å². The lowest BCUT2D eigenvalue weighted by Crippen LogP contribution is -2.38. The van der Waals surface area contributed by atoms with Crippen LogP contribution in [0.1, 0.15) is 42.5 Å². The summed E-state index contributed by atoms with van der Waals surface area (Å²) in [6.45, 7) is 4.46. The summed E-state index contributed by atoms with van der Waals surface area (Å²) in [6, 6.07) is 23.8. The molecule has 0 saturated carbocycles. The summed E-state index contributed by atoms with van der Waals surface area (Å²) in [5.41, 5.74) is 1.82. The van der Waals surface area contributed by atoms with Gasteiger partial charge in [-0.2, -0.15) is 0 Å². The topological polar surface area (TPSA) is 55.2 Å². The molecule has 1 heterocycles.